The van der Waals surface area contributed by atoms with E-state index in [4.69, 9.17) is 9.84 Å². The van der Waals surface area contributed by atoms with Crippen molar-refractivity contribution in [2.75, 3.05) is 13.7 Å². The van der Waals surface area contributed by atoms with Crippen molar-refractivity contribution >= 4 is 16.1 Å². The molecule has 0 fully saturated rings. The summed E-state index contributed by atoms with van der Waals surface area (Å²) in [6, 6.07) is 0. The van der Waals surface area contributed by atoms with Gasteiger partial charge < -0.3 is 9.84 Å². The van der Waals surface area contributed by atoms with E-state index in [9.17, 15) is 13.2 Å². The Hall–Kier alpha value is -1.90. The Bertz CT molecular complexity index is 516. The highest BCUT2D eigenvalue weighted by Gasteiger charge is 2.32. The van der Waals surface area contributed by atoms with Crippen molar-refractivity contribution in [3.63, 3.8) is 0 Å². The molecular weight excluding hydrogens is 250 g/mol. The number of hydrogen-bond acceptors (Lipinski definition) is 6. The van der Waals surface area contributed by atoms with Crippen molar-refractivity contribution < 1.29 is 23.1 Å². The van der Waals surface area contributed by atoms with Crippen molar-refractivity contribution in [1.29, 1.82) is 0 Å². The molecule has 0 saturated heterocycles. The van der Waals surface area contributed by atoms with Gasteiger partial charge in [0.25, 0.3) is 15.9 Å². The summed E-state index contributed by atoms with van der Waals surface area (Å²) < 4.78 is 28.9. The Labute approximate surface area is 97.9 Å². The van der Waals surface area contributed by atoms with Gasteiger partial charge in [0.1, 0.15) is 0 Å². The molecule has 0 radical (unpaired) electrons. The van der Waals surface area contributed by atoms with Crippen molar-refractivity contribution in [3.8, 4) is 5.88 Å². The highest BCUT2D eigenvalue weighted by atomic mass is 32.2. The molecule has 0 bridgehead atoms. The molecule has 0 unspecified atom stereocenters. The quantitative estimate of drug-likeness (QED) is 0.822. The molecule has 9 heteroatoms. The molecular formula is C8H11N3O5S. The zero-order valence-corrected chi connectivity index (χ0v) is 10.0. The normalized spacial score (nSPS) is 10.9. The van der Waals surface area contributed by atoms with Crippen LogP contribution in [-0.2, 0) is 10.0 Å². The third kappa shape index (κ3) is 2.44. The standard InChI is InChI=1S/C8H11N3O5S/c1-3-11(8(12)13)17(14,15)7-6(16-2)9-4-5-10-7/h4-5H,3H2,1-2H3,(H,12,13). The molecule has 1 aromatic rings. The van der Waals surface area contributed by atoms with Crippen LogP contribution in [0.25, 0.3) is 0 Å². The minimum absolute atomic E-state index is 0.225. The van der Waals surface area contributed by atoms with Gasteiger partial charge in [-0.1, -0.05) is 0 Å². The third-order valence-electron chi connectivity index (χ3n) is 1.86. The molecule has 0 saturated carbocycles. The Morgan fingerprint density at radius 1 is 1.47 bits per heavy atom. The number of methoxy groups -OCH3 is 1. The summed E-state index contributed by atoms with van der Waals surface area (Å²) in [5.74, 6) is -0.243. The van der Waals surface area contributed by atoms with Crippen LogP contribution in [0.1, 0.15) is 6.92 Å². The van der Waals surface area contributed by atoms with Gasteiger partial charge in [0.15, 0.2) is 0 Å². The molecule has 1 N–H and O–H groups in total. The first-order valence-electron chi connectivity index (χ1n) is 4.55. The molecule has 0 aromatic carbocycles. The Balaban J connectivity index is 3.35. The number of hydrogen-bond donors (Lipinski definition) is 1. The number of carbonyl (C=O) groups is 1. The Morgan fingerprint density at radius 2 is 2.06 bits per heavy atom. The van der Waals surface area contributed by atoms with Gasteiger partial charge in [-0.05, 0) is 6.92 Å². The summed E-state index contributed by atoms with van der Waals surface area (Å²) in [5, 5.41) is 8.27. The lowest BCUT2D eigenvalue weighted by molar-refractivity contribution is 0.173. The second-order valence-electron chi connectivity index (χ2n) is 2.82. The minimum Gasteiger partial charge on any atom is -0.479 e. The zero-order valence-electron chi connectivity index (χ0n) is 9.19. The number of aromatic nitrogens is 2. The van der Waals surface area contributed by atoms with E-state index in [0.717, 1.165) is 6.20 Å². The van der Waals surface area contributed by atoms with Crippen molar-refractivity contribution in [1.82, 2.24) is 14.3 Å². The van der Waals surface area contributed by atoms with Crippen LogP contribution in [0.5, 0.6) is 5.88 Å². The minimum atomic E-state index is -4.26. The number of rotatable bonds is 4. The molecule has 94 valence electrons. The summed E-state index contributed by atoms with van der Waals surface area (Å²) >= 11 is 0. The highest BCUT2D eigenvalue weighted by Crippen LogP contribution is 2.21. The van der Waals surface area contributed by atoms with E-state index in [2.05, 4.69) is 9.97 Å². The van der Waals surface area contributed by atoms with E-state index in [0.29, 0.717) is 0 Å². The van der Waals surface area contributed by atoms with Crippen LogP contribution < -0.4 is 4.74 Å². The monoisotopic (exact) mass is 261 g/mol. The van der Waals surface area contributed by atoms with Crippen LogP contribution in [0.15, 0.2) is 17.4 Å². The smallest absolute Gasteiger partial charge is 0.421 e. The van der Waals surface area contributed by atoms with Crippen molar-refractivity contribution in [2.24, 2.45) is 0 Å². The van der Waals surface area contributed by atoms with Crippen LogP contribution in [0.3, 0.4) is 0 Å². The summed E-state index contributed by atoms with van der Waals surface area (Å²) in [7, 11) is -3.04. The number of carboxylic acid groups (broad SMARTS) is 1. The van der Waals surface area contributed by atoms with Gasteiger partial charge in [0, 0.05) is 18.9 Å². The van der Waals surface area contributed by atoms with Gasteiger partial charge in [-0.3, -0.25) is 0 Å². The molecule has 0 aliphatic rings. The van der Waals surface area contributed by atoms with E-state index in [1.807, 2.05) is 0 Å². The van der Waals surface area contributed by atoms with Gasteiger partial charge in [0.05, 0.1) is 7.11 Å². The molecule has 1 aromatic heterocycles. The topological polar surface area (TPSA) is 110 Å². The van der Waals surface area contributed by atoms with Gasteiger partial charge in [-0.2, -0.15) is 12.7 Å². The molecule has 0 aliphatic heterocycles. The Morgan fingerprint density at radius 3 is 2.53 bits per heavy atom. The maximum atomic E-state index is 11.9. The van der Waals surface area contributed by atoms with Crippen LogP contribution in [0.2, 0.25) is 0 Å². The summed E-state index contributed by atoms with van der Waals surface area (Å²) in [6.45, 7) is 1.17. The number of nitrogens with zero attached hydrogens (tertiary/aromatic N) is 3. The highest BCUT2D eigenvalue weighted by molar-refractivity contribution is 7.89. The van der Waals surface area contributed by atoms with Crippen molar-refractivity contribution in [3.05, 3.63) is 12.4 Å². The van der Waals surface area contributed by atoms with E-state index in [1.165, 1.54) is 20.2 Å². The lowest BCUT2D eigenvalue weighted by atomic mass is 10.7. The molecule has 8 nitrogen and oxygen atoms in total. The predicted octanol–water partition coefficient (Wildman–Crippen LogP) is 0.174. The second kappa shape index (κ2) is 4.95. The maximum absolute atomic E-state index is 11.9. The lowest BCUT2D eigenvalue weighted by Crippen LogP contribution is -2.36. The maximum Gasteiger partial charge on any atom is 0.421 e. The molecule has 0 aliphatic carbocycles. The largest absolute Gasteiger partial charge is 0.479 e. The lowest BCUT2D eigenvalue weighted by Gasteiger charge is -2.17. The number of ether oxygens (including phenoxy) is 1. The fraction of sp³-hybridized carbons (Fsp3) is 0.375. The first-order chi connectivity index (χ1) is 7.95. The molecule has 0 atom stereocenters. The van der Waals surface area contributed by atoms with Crippen LogP contribution in [0.4, 0.5) is 4.79 Å². The fourth-order valence-corrected chi connectivity index (χ4v) is 2.45. The molecule has 1 amide bonds. The van der Waals surface area contributed by atoms with Gasteiger partial charge >= 0.3 is 6.09 Å². The van der Waals surface area contributed by atoms with Crippen LogP contribution in [0, 0.1) is 0 Å². The zero-order chi connectivity index (χ0) is 13.1. The van der Waals surface area contributed by atoms with Crippen LogP contribution >= 0.6 is 0 Å². The molecule has 1 rings (SSSR count). The fourth-order valence-electron chi connectivity index (χ4n) is 1.14. The first-order valence-corrected chi connectivity index (χ1v) is 5.99. The second-order valence-corrected chi connectivity index (χ2v) is 4.60. The Kier molecular flexibility index (Phi) is 3.84. The van der Waals surface area contributed by atoms with Gasteiger partial charge in [0.2, 0.25) is 5.03 Å². The molecule has 1 heterocycles. The molecule has 17 heavy (non-hydrogen) atoms. The SMILES string of the molecule is CCN(C(=O)O)S(=O)(=O)c1nccnc1OC. The average Bonchev–Trinajstić information content (AvgIpc) is 2.29. The summed E-state index contributed by atoms with van der Waals surface area (Å²) in [4.78, 5) is 18.1. The average molecular weight is 261 g/mol. The van der Waals surface area contributed by atoms with Crippen LogP contribution in [-0.4, -0.2) is 47.5 Å². The van der Waals surface area contributed by atoms with E-state index in [-0.39, 0.29) is 16.7 Å². The summed E-state index contributed by atoms with van der Waals surface area (Å²) in [6.07, 6.45) is 0.806. The first kappa shape index (κ1) is 13.2. The molecule has 0 spiro atoms. The predicted molar refractivity (Wildman–Crippen MR) is 56.2 cm³/mol. The van der Waals surface area contributed by atoms with Gasteiger partial charge in [-0.15, -0.1) is 0 Å². The van der Waals surface area contributed by atoms with Gasteiger partial charge in [-0.25, -0.2) is 14.8 Å². The number of amides is 1. The van der Waals surface area contributed by atoms with Crippen molar-refractivity contribution in [2.45, 2.75) is 11.9 Å². The van der Waals surface area contributed by atoms with E-state index in [1.54, 1.807) is 0 Å². The summed E-state index contributed by atoms with van der Waals surface area (Å²) in [5.41, 5.74) is 0. The number of sulfonamides is 1. The van der Waals surface area contributed by atoms with E-state index < -0.39 is 21.1 Å². The van der Waals surface area contributed by atoms with E-state index >= 15 is 0 Å². The third-order valence-corrected chi connectivity index (χ3v) is 3.62.